The van der Waals surface area contributed by atoms with Gasteiger partial charge in [0.15, 0.2) is 0 Å². The van der Waals surface area contributed by atoms with Gasteiger partial charge in [-0.2, -0.15) is 0 Å². The number of halogens is 1. The van der Waals surface area contributed by atoms with Gasteiger partial charge in [-0.3, -0.25) is 4.98 Å². The summed E-state index contributed by atoms with van der Waals surface area (Å²) in [6.07, 6.45) is 0. The number of esters is 2. The second-order valence-electron chi connectivity index (χ2n) is 6.20. The molecule has 1 N–H and O–H groups in total. The number of aryl methyl sites for hydroxylation is 2. The molecule has 0 aliphatic carbocycles. The fraction of sp³-hybridized carbons (Fsp3) is 0.182. The molecule has 0 atom stereocenters. The van der Waals surface area contributed by atoms with Gasteiger partial charge in [-0.05, 0) is 66.2 Å². The van der Waals surface area contributed by atoms with E-state index in [1.165, 1.54) is 14.2 Å². The number of rotatable bonds is 3. The highest BCUT2D eigenvalue weighted by Crippen LogP contribution is 2.28. The Hall–Kier alpha value is -3.26. The number of para-hydroxylation sites is 1. The summed E-state index contributed by atoms with van der Waals surface area (Å²) in [6, 6.07) is 13.4. The molecule has 30 heavy (non-hydrogen) atoms. The zero-order valence-electron chi connectivity index (χ0n) is 17.0. The maximum absolute atomic E-state index is 11.5. The lowest BCUT2D eigenvalue weighted by atomic mass is 10.1. The van der Waals surface area contributed by atoms with Crippen molar-refractivity contribution in [1.29, 1.82) is 0 Å². The van der Waals surface area contributed by atoms with Crippen molar-refractivity contribution in [3.05, 3.63) is 75.6 Å². The van der Waals surface area contributed by atoms with E-state index in [-0.39, 0.29) is 11.7 Å². The van der Waals surface area contributed by atoms with Crippen LogP contribution in [0.4, 0.5) is 0 Å². The van der Waals surface area contributed by atoms with Crippen molar-refractivity contribution < 1.29 is 24.2 Å². The zero-order chi connectivity index (χ0) is 22.3. The number of benzene rings is 1. The third-order valence-corrected chi connectivity index (χ3v) is 4.30. The molecule has 0 aliphatic rings. The van der Waals surface area contributed by atoms with Gasteiger partial charge in [0.05, 0.1) is 31.0 Å². The van der Waals surface area contributed by atoms with Crippen LogP contribution in [0.25, 0.3) is 11.3 Å². The summed E-state index contributed by atoms with van der Waals surface area (Å²) in [5.41, 5.74) is 3.54. The Morgan fingerprint density at radius 3 is 1.93 bits per heavy atom. The Bertz CT molecular complexity index is 1050. The number of hydrogen-bond donors (Lipinski definition) is 1. The normalized spacial score (nSPS) is 9.90. The van der Waals surface area contributed by atoms with E-state index in [1.54, 1.807) is 55.5 Å². The third-order valence-electron chi connectivity index (χ3n) is 3.90. The van der Waals surface area contributed by atoms with Crippen molar-refractivity contribution >= 4 is 27.9 Å². The second kappa shape index (κ2) is 10.5. The van der Waals surface area contributed by atoms with E-state index in [0.717, 1.165) is 5.69 Å². The van der Waals surface area contributed by atoms with Gasteiger partial charge in [0, 0.05) is 17.0 Å². The predicted molar refractivity (Wildman–Crippen MR) is 115 cm³/mol. The molecular formula is C22H21BrN2O5. The van der Waals surface area contributed by atoms with Crippen molar-refractivity contribution in [1.82, 2.24) is 9.97 Å². The highest BCUT2D eigenvalue weighted by atomic mass is 79.9. The molecule has 0 unspecified atom stereocenters. The minimum Gasteiger partial charge on any atom is -0.507 e. The summed E-state index contributed by atoms with van der Waals surface area (Å²) in [4.78, 5) is 30.9. The first-order valence-corrected chi connectivity index (χ1v) is 9.62. The van der Waals surface area contributed by atoms with E-state index in [1.807, 2.05) is 6.92 Å². The summed E-state index contributed by atoms with van der Waals surface area (Å²) in [5, 5.41) is 9.79. The minimum atomic E-state index is -0.419. The lowest BCUT2D eigenvalue weighted by Gasteiger charge is -2.07. The van der Waals surface area contributed by atoms with Gasteiger partial charge in [0.25, 0.3) is 0 Å². The van der Waals surface area contributed by atoms with Crippen LogP contribution in [0.1, 0.15) is 32.1 Å². The zero-order valence-corrected chi connectivity index (χ0v) is 18.6. The van der Waals surface area contributed by atoms with Crippen LogP contribution in [-0.4, -0.2) is 41.2 Å². The molecule has 0 radical (unpaired) electrons. The van der Waals surface area contributed by atoms with Crippen LogP contribution in [-0.2, 0) is 9.47 Å². The van der Waals surface area contributed by atoms with E-state index in [9.17, 15) is 14.7 Å². The molecule has 0 spiro atoms. The van der Waals surface area contributed by atoms with Crippen LogP contribution in [0.5, 0.6) is 5.75 Å². The van der Waals surface area contributed by atoms with Gasteiger partial charge in [0.2, 0.25) is 0 Å². The first-order chi connectivity index (χ1) is 14.2. The van der Waals surface area contributed by atoms with E-state index in [2.05, 4.69) is 35.4 Å². The Kier molecular flexibility index (Phi) is 8.06. The minimum absolute atomic E-state index is 0.131. The molecule has 0 fully saturated rings. The van der Waals surface area contributed by atoms with Crippen molar-refractivity contribution in [3.63, 3.8) is 0 Å². The largest absolute Gasteiger partial charge is 0.507 e. The van der Waals surface area contributed by atoms with E-state index in [4.69, 9.17) is 0 Å². The standard InChI is InChI=1S/C14H13NO3.C8H8BrNO2/c1-9-7-10(14(17)18-2)8-12(15-9)11-5-3-4-6-13(11)16;1-5-3-6(8(11)12-2)4-7(9)10-5/h3-8,16H,1-2H3;3-4H,1-2H3. The number of methoxy groups -OCH3 is 2. The van der Waals surface area contributed by atoms with Gasteiger partial charge in [-0.25, -0.2) is 14.6 Å². The topological polar surface area (TPSA) is 98.6 Å². The molecule has 7 nitrogen and oxygen atoms in total. The average Bonchev–Trinajstić information content (AvgIpc) is 2.72. The smallest absolute Gasteiger partial charge is 0.338 e. The molecular weight excluding hydrogens is 452 g/mol. The van der Waals surface area contributed by atoms with Crippen LogP contribution >= 0.6 is 15.9 Å². The Balaban J connectivity index is 0.000000232. The predicted octanol–water partition coefficient (Wildman–Crippen LogP) is 4.49. The number of aromatic hydroxyl groups is 1. The van der Waals surface area contributed by atoms with Gasteiger partial charge in [0.1, 0.15) is 10.4 Å². The molecule has 0 saturated carbocycles. The van der Waals surface area contributed by atoms with E-state index >= 15 is 0 Å². The lowest BCUT2D eigenvalue weighted by Crippen LogP contribution is -2.03. The van der Waals surface area contributed by atoms with Gasteiger partial charge in [-0.15, -0.1) is 0 Å². The number of ether oxygens (including phenoxy) is 2. The molecule has 3 aromatic rings. The van der Waals surface area contributed by atoms with Crippen molar-refractivity contribution in [3.8, 4) is 17.0 Å². The second-order valence-corrected chi connectivity index (χ2v) is 7.02. The summed E-state index contributed by atoms with van der Waals surface area (Å²) in [7, 11) is 2.68. The molecule has 0 amide bonds. The summed E-state index contributed by atoms with van der Waals surface area (Å²) >= 11 is 3.19. The first kappa shape index (κ1) is 23.0. The Morgan fingerprint density at radius 2 is 1.40 bits per heavy atom. The van der Waals surface area contributed by atoms with Crippen LogP contribution in [0.3, 0.4) is 0 Å². The SMILES string of the molecule is COC(=O)c1cc(C)nc(-c2ccccc2O)c1.COC(=O)c1cc(C)nc(Br)c1. The van der Waals surface area contributed by atoms with Crippen LogP contribution in [0.2, 0.25) is 0 Å². The van der Waals surface area contributed by atoms with E-state index < -0.39 is 5.97 Å². The van der Waals surface area contributed by atoms with Crippen LogP contribution in [0, 0.1) is 13.8 Å². The highest BCUT2D eigenvalue weighted by molar-refractivity contribution is 9.10. The molecule has 2 aromatic heterocycles. The molecule has 0 bridgehead atoms. The number of carbonyl (C=O) groups excluding carboxylic acids is 2. The summed E-state index contributed by atoms with van der Waals surface area (Å²) in [6.45, 7) is 3.60. The summed E-state index contributed by atoms with van der Waals surface area (Å²) < 4.78 is 9.88. The fourth-order valence-corrected chi connectivity index (χ4v) is 3.12. The maximum atomic E-state index is 11.5. The molecule has 3 rings (SSSR count). The number of hydrogen-bond acceptors (Lipinski definition) is 7. The van der Waals surface area contributed by atoms with Crippen LogP contribution < -0.4 is 0 Å². The number of carbonyl (C=O) groups is 2. The Labute approximate surface area is 182 Å². The molecule has 8 heteroatoms. The van der Waals surface area contributed by atoms with Gasteiger partial charge in [-0.1, -0.05) is 12.1 Å². The number of pyridine rings is 2. The molecule has 1 aromatic carbocycles. The molecule has 0 saturated heterocycles. The van der Waals surface area contributed by atoms with E-state index in [0.29, 0.717) is 32.7 Å². The first-order valence-electron chi connectivity index (χ1n) is 8.83. The lowest BCUT2D eigenvalue weighted by molar-refractivity contribution is 0.0591. The van der Waals surface area contributed by atoms with Crippen molar-refractivity contribution in [2.75, 3.05) is 14.2 Å². The molecule has 0 aliphatic heterocycles. The number of phenolic OH excluding ortho intramolecular Hbond substituents is 1. The molecule has 2 heterocycles. The number of nitrogens with zero attached hydrogens (tertiary/aromatic N) is 2. The monoisotopic (exact) mass is 472 g/mol. The Morgan fingerprint density at radius 1 is 0.867 bits per heavy atom. The highest BCUT2D eigenvalue weighted by Gasteiger charge is 2.11. The fourth-order valence-electron chi connectivity index (χ4n) is 2.60. The summed E-state index contributed by atoms with van der Waals surface area (Å²) in [5.74, 6) is -0.634. The van der Waals surface area contributed by atoms with Gasteiger partial charge >= 0.3 is 11.9 Å². The number of phenols is 1. The van der Waals surface area contributed by atoms with Crippen molar-refractivity contribution in [2.45, 2.75) is 13.8 Å². The quantitative estimate of drug-likeness (QED) is 0.442. The molecule has 156 valence electrons. The van der Waals surface area contributed by atoms with Crippen molar-refractivity contribution in [2.24, 2.45) is 0 Å². The maximum Gasteiger partial charge on any atom is 0.338 e. The number of aromatic nitrogens is 2. The average molecular weight is 473 g/mol. The van der Waals surface area contributed by atoms with Gasteiger partial charge < -0.3 is 14.6 Å². The van der Waals surface area contributed by atoms with Crippen LogP contribution in [0.15, 0.2) is 53.1 Å². The third kappa shape index (κ3) is 6.12.